The summed E-state index contributed by atoms with van der Waals surface area (Å²) in [6.07, 6.45) is 2.86. The molecule has 1 heterocycles. The number of hydrogen-bond acceptors (Lipinski definition) is 4. The maximum absolute atomic E-state index is 12.8. The zero-order chi connectivity index (χ0) is 17.9. The summed E-state index contributed by atoms with van der Waals surface area (Å²) >= 11 is 15.4. The van der Waals surface area contributed by atoms with Crippen LogP contribution in [0.25, 0.3) is 0 Å². The van der Waals surface area contributed by atoms with Crippen LogP contribution >= 0.6 is 46.7 Å². The minimum Gasteiger partial charge on any atom is -0.308 e. The Morgan fingerprint density at radius 1 is 1.42 bits per heavy atom. The molecule has 2 atom stereocenters. The lowest BCUT2D eigenvalue weighted by atomic mass is 10.0. The number of anilines is 1. The molecule has 0 saturated carbocycles. The predicted molar refractivity (Wildman–Crippen MR) is 105 cm³/mol. The molecule has 1 fully saturated rings. The Hall–Kier alpha value is -0.740. The topological polar surface area (TPSA) is 56.1 Å². The number of nitriles is 1. The van der Waals surface area contributed by atoms with E-state index >= 15 is 0 Å². The molecule has 24 heavy (non-hydrogen) atoms. The fourth-order valence-corrected chi connectivity index (χ4v) is 5.37. The molecule has 1 aliphatic rings. The van der Waals surface area contributed by atoms with E-state index in [0.717, 1.165) is 12.2 Å². The van der Waals surface area contributed by atoms with Gasteiger partial charge < -0.3 is 5.32 Å². The molecule has 0 aliphatic carbocycles. The van der Waals surface area contributed by atoms with Crippen LogP contribution in [-0.4, -0.2) is 39.1 Å². The molecule has 0 bridgehead atoms. The number of benzene rings is 1. The quantitative estimate of drug-likeness (QED) is 0.738. The van der Waals surface area contributed by atoms with Crippen LogP contribution in [0.1, 0.15) is 20.3 Å². The van der Waals surface area contributed by atoms with Gasteiger partial charge >= 0.3 is 6.03 Å². The Morgan fingerprint density at radius 3 is 2.58 bits per heavy atom. The van der Waals surface area contributed by atoms with Crippen LogP contribution in [0, 0.1) is 11.3 Å². The Bertz CT molecular complexity index is 643. The van der Waals surface area contributed by atoms with Crippen molar-refractivity contribution < 1.29 is 4.79 Å². The van der Waals surface area contributed by atoms with Crippen molar-refractivity contribution in [2.75, 3.05) is 17.3 Å². The molecule has 130 valence electrons. The highest BCUT2D eigenvalue weighted by molar-refractivity contribution is 8.01. The highest BCUT2D eigenvalue weighted by Crippen LogP contribution is 2.45. The number of amides is 2. The van der Waals surface area contributed by atoms with Crippen LogP contribution in [0.3, 0.4) is 0 Å². The van der Waals surface area contributed by atoms with Gasteiger partial charge in [-0.1, -0.05) is 23.2 Å². The second-order valence-electron chi connectivity index (χ2n) is 5.98. The second-order valence-corrected chi connectivity index (χ2v) is 9.68. The third kappa shape index (κ3) is 4.45. The largest absolute Gasteiger partial charge is 0.323 e. The molecular weight excluding hydrogens is 385 g/mol. The molecule has 2 rings (SSSR count). The predicted octanol–water partition coefficient (Wildman–Crippen LogP) is 5.32. The molecule has 4 nitrogen and oxygen atoms in total. The summed E-state index contributed by atoms with van der Waals surface area (Å²) in [5, 5.41) is 13.3. The van der Waals surface area contributed by atoms with Gasteiger partial charge in [-0.2, -0.15) is 17.0 Å². The maximum Gasteiger partial charge on any atom is 0.323 e. The van der Waals surface area contributed by atoms with E-state index in [1.54, 1.807) is 46.6 Å². The minimum absolute atomic E-state index is 0.0354. The molecule has 2 amide bonds. The van der Waals surface area contributed by atoms with Crippen LogP contribution in [0.5, 0.6) is 0 Å². The zero-order valence-corrected chi connectivity index (χ0v) is 16.8. The average Bonchev–Trinajstić information content (AvgIpc) is 2.73. The summed E-state index contributed by atoms with van der Waals surface area (Å²) in [5.41, 5.74) is 0.521. The van der Waals surface area contributed by atoms with E-state index in [9.17, 15) is 10.1 Å². The van der Waals surface area contributed by atoms with Crippen molar-refractivity contribution in [3.8, 4) is 6.07 Å². The monoisotopic (exact) mass is 403 g/mol. The minimum atomic E-state index is -0.496. The first kappa shape index (κ1) is 19.6. The molecule has 0 aromatic heterocycles. The summed E-state index contributed by atoms with van der Waals surface area (Å²) in [5.74, 6) is 0.929. The molecule has 1 N–H and O–H groups in total. The lowest BCUT2D eigenvalue weighted by molar-refractivity contribution is 0.194. The maximum atomic E-state index is 12.8. The number of halogens is 2. The van der Waals surface area contributed by atoms with Gasteiger partial charge in [-0.05, 0) is 50.5 Å². The van der Waals surface area contributed by atoms with E-state index in [-0.39, 0.29) is 16.2 Å². The Kier molecular flexibility index (Phi) is 6.60. The lowest BCUT2D eigenvalue weighted by Crippen LogP contribution is -2.47. The normalized spacial score (nSPS) is 22.2. The van der Waals surface area contributed by atoms with E-state index in [1.165, 1.54) is 0 Å². The summed E-state index contributed by atoms with van der Waals surface area (Å²) in [6, 6.07) is 6.37. The molecule has 0 spiro atoms. The zero-order valence-electron chi connectivity index (χ0n) is 13.7. The van der Waals surface area contributed by atoms with Gasteiger partial charge in [-0.25, -0.2) is 4.79 Å². The fourth-order valence-electron chi connectivity index (χ4n) is 2.67. The van der Waals surface area contributed by atoms with Gasteiger partial charge in [0.1, 0.15) is 6.04 Å². The fraction of sp³-hybridized carbons (Fsp3) is 0.500. The first-order chi connectivity index (χ1) is 11.3. The van der Waals surface area contributed by atoms with Crippen molar-refractivity contribution in [1.82, 2.24) is 4.90 Å². The summed E-state index contributed by atoms with van der Waals surface area (Å²) in [6.45, 7) is 4.00. The molecule has 1 aromatic rings. The number of nitrogens with zero attached hydrogens (tertiary/aromatic N) is 2. The van der Waals surface area contributed by atoms with Crippen molar-refractivity contribution in [1.29, 1.82) is 5.26 Å². The lowest BCUT2D eigenvalue weighted by Gasteiger charge is -2.28. The number of nitrogens with one attached hydrogen (secondary N) is 1. The number of hydrogen-bond donors (Lipinski definition) is 1. The molecule has 1 aromatic carbocycles. The van der Waals surface area contributed by atoms with Crippen LogP contribution in [0.4, 0.5) is 10.5 Å². The molecule has 1 saturated heterocycles. The van der Waals surface area contributed by atoms with E-state index in [2.05, 4.69) is 11.4 Å². The highest BCUT2D eigenvalue weighted by atomic mass is 35.5. The molecular formula is C16H19Cl2N3OS2. The standard InChI is InChI=1S/C16H19Cl2N3OS2/c1-16(2)13(9-19)21(14(24-16)4-5-23-3)15(22)20-12-7-10(17)6-11(18)8-12/h6-8,13-14H,4-5H2,1-3H3,(H,20,22). The van der Waals surface area contributed by atoms with Crippen LogP contribution in [-0.2, 0) is 0 Å². The van der Waals surface area contributed by atoms with Crippen LogP contribution < -0.4 is 5.32 Å². The first-order valence-electron chi connectivity index (χ1n) is 7.40. The molecule has 8 heteroatoms. The number of carbonyl (C=O) groups excluding carboxylic acids is 1. The van der Waals surface area contributed by atoms with E-state index < -0.39 is 6.04 Å². The Labute approximate surface area is 161 Å². The first-order valence-corrected chi connectivity index (χ1v) is 10.4. The van der Waals surface area contributed by atoms with Gasteiger partial charge in [-0.3, -0.25) is 4.90 Å². The third-order valence-corrected chi connectivity index (χ3v) is 6.37. The second kappa shape index (κ2) is 8.09. The van der Waals surface area contributed by atoms with Gasteiger partial charge in [0, 0.05) is 20.5 Å². The number of carbonyl (C=O) groups is 1. The van der Waals surface area contributed by atoms with Crippen LogP contribution in [0.2, 0.25) is 10.0 Å². The van der Waals surface area contributed by atoms with E-state index in [1.807, 2.05) is 20.1 Å². The van der Waals surface area contributed by atoms with Crippen molar-refractivity contribution in [2.24, 2.45) is 0 Å². The third-order valence-electron chi connectivity index (χ3n) is 3.73. The number of urea groups is 1. The van der Waals surface area contributed by atoms with Crippen molar-refractivity contribution in [2.45, 2.75) is 36.4 Å². The summed E-state index contributed by atoms with van der Waals surface area (Å²) in [4.78, 5) is 14.5. The van der Waals surface area contributed by atoms with E-state index in [0.29, 0.717) is 15.7 Å². The number of rotatable bonds is 4. The number of thioether (sulfide) groups is 2. The van der Waals surface area contributed by atoms with Gasteiger partial charge in [-0.15, -0.1) is 11.8 Å². The molecule has 0 radical (unpaired) electrons. The van der Waals surface area contributed by atoms with E-state index in [4.69, 9.17) is 23.2 Å². The molecule has 2 unspecified atom stereocenters. The van der Waals surface area contributed by atoms with Crippen molar-refractivity contribution in [3.63, 3.8) is 0 Å². The summed E-state index contributed by atoms with van der Waals surface area (Å²) in [7, 11) is 0. The Morgan fingerprint density at radius 2 is 2.04 bits per heavy atom. The van der Waals surface area contributed by atoms with Crippen LogP contribution in [0.15, 0.2) is 18.2 Å². The van der Waals surface area contributed by atoms with Crippen molar-refractivity contribution >= 4 is 58.4 Å². The van der Waals surface area contributed by atoms with Crippen molar-refractivity contribution in [3.05, 3.63) is 28.2 Å². The highest BCUT2D eigenvalue weighted by Gasteiger charge is 2.49. The Balaban J connectivity index is 2.24. The van der Waals surface area contributed by atoms with Gasteiger partial charge in [0.05, 0.1) is 11.4 Å². The smallest absolute Gasteiger partial charge is 0.308 e. The SMILES string of the molecule is CSCCC1SC(C)(C)C(C#N)N1C(=O)Nc1cc(Cl)cc(Cl)c1. The average molecular weight is 404 g/mol. The van der Waals surface area contributed by atoms with Gasteiger partial charge in [0.2, 0.25) is 0 Å². The van der Waals surface area contributed by atoms with Gasteiger partial charge in [0.25, 0.3) is 0 Å². The van der Waals surface area contributed by atoms with Gasteiger partial charge in [0.15, 0.2) is 0 Å². The molecule has 1 aliphatic heterocycles. The summed E-state index contributed by atoms with van der Waals surface area (Å²) < 4.78 is -0.318.